The molecule has 1 aromatic rings. The zero-order valence-electron chi connectivity index (χ0n) is 7.30. The molecule has 0 saturated heterocycles. The van der Waals surface area contributed by atoms with E-state index >= 15 is 0 Å². The molecule has 0 aliphatic heterocycles. The first-order chi connectivity index (χ1) is 6.67. The zero-order valence-corrected chi connectivity index (χ0v) is 9.64. The second-order valence-corrected chi connectivity index (χ2v) is 3.94. The first-order valence-electron chi connectivity index (χ1n) is 3.98. The van der Waals surface area contributed by atoms with Crippen LogP contribution in [0, 0.1) is 0 Å². The van der Waals surface area contributed by atoms with Crippen LogP contribution in [0.2, 0.25) is 0 Å². The van der Waals surface area contributed by atoms with Crippen LogP contribution in [0.4, 0.5) is 0 Å². The molecule has 0 N–H and O–H groups in total. The number of Topliss-reactive ketones (excluding diaryl/α,β-unsaturated/α-hetero) is 1. The van der Waals surface area contributed by atoms with Crippen molar-refractivity contribution >= 4 is 39.6 Å². The molecule has 0 heterocycles. The number of carbonyl (C=O) groups is 2. The van der Waals surface area contributed by atoms with Gasteiger partial charge in [-0.05, 0) is 17.7 Å². The fraction of sp³-hybridized carbons (Fsp3) is 0.200. The molecule has 0 radical (unpaired) electrons. The highest BCUT2D eigenvalue weighted by atomic mass is 79.9. The average Bonchev–Trinajstić information content (AvgIpc) is 2.21. The van der Waals surface area contributed by atoms with Crippen LogP contribution in [-0.2, 0) is 11.2 Å². The van der Waals surface area contributed by atoms with Crippen molar-refractivity contribution < 1.29 is 9.59 Å². The summed E-state index contributed by atoms with van der Waals surface area (Å²) < 4.78 is 0.821. The second kappa shape index (κ2) is 5.27. The lowest BCUT2D eigenvalue weighted by Crippen LogP contribution is -2.04. The van der Waals surface area contributed by atoms with Crippen molar-refractivity contribution in [3.8, 4) is 0 Å². The second-order valence-electron chi connectivity index (χ2n) is 2.82. The van der Waals surface area contributed by atoms with Crippen LogP contribution in [-0.4, -0.2) is 17.9 Å². The van der Waals surface area contributed by atoms with E-state index < -0.39 is 0 Å². The number of carbonyl (C=O) groups excluding carboxylic acids is 2. The van der Waals surface area contributed by atoms with E-state index in [0.717, 1.165) is 16.3 Å². The third kappa shape index (κ3) is 2.93. The van der Waals surface area contributed by atoms with E-state index in [9.17, 15) is 9.59 Å². The van der Waals surface area contributed by atoms with Crippen LogP contribution in [0.15, 0.2) is 22.7 Å². The van der Waals surface area contributed by atoms with Gasteiger partial charge in [0.05, 0.1) is 5.88 Å². The van der Waals surface area contributed by atoms with Crippen LogP contribution in [0.5, 0.6) is 0 Å². The number of hydrogen-bond acceptors (Lipinski definition) is 2. The Bertz CT molecular complexity index is 363. The fourth-order valence-electron chi connectivity index (χ4n) is 1.06. The van der Waals surface area contributed by atoms with Crippen molar-refractivity contribution in [2.24, 2.45) is 0 Å². The van der Waals surface area contributed by atoms with Gasteiger partial charge in [0.25, 0.3) is 0 Å². The molecule has 0 spiro atoms. The highest BCUT2D eigenvalue weighted by Crippen LogP contribution is 2.18. The van der Waals surface area contributed by atoms with E-state index in [1.807, 2.05) is 0 Å². The number of benzene rings is 1. The van der Waals surface area contributed by atoms with E-state index in [4.69, 9.17) is 11.6 Å². The van der Waals surface area contributed by atoms with Gasteiger partial charge >= 0.3 is 0 Å². The Hall–Kier alpha value is -0.670. The summed E-state index contributed by atoms with van der Waals surface area (Å²) in [6, 6.07) is 5.12. The topological polar surface area (TPSA) is 34.1 Å². The summed E-state index contributed by atoms with van der Waals surface area (Å²) in [6.07, 6.45) is 1.01. The number of hydrogen-bond donors (Lipinski definition) is 0. The smallest absolute Gasteiger partial charge is 0.151 e. The van der Waals surface area contributed by atoms with Crippen LogP contribution < -0.4 is 0 Å². The minimum Gasteiger partial charge on any atom is -0.298 e. The molecular formula is C10H8BrClO2. The first-order valence-corrected chi connectivity index (χ1v) is 5.31. The molecule has 0 aliphatic carbocycles. The maximum absolute atomic E-state index is 11.1. The third-order valence-electron chi connectivity index (χ3n) is 1.74. The molecule has 0 aliphatic rings. The summed E-state index contributed by atoms with van der Waals surface area (Å²) in [5.74, 6) is -0.0620. The van der Waals surface area contributed by atoms with Crippen LogP contribution in [0.3, 0.4) is 0 Å². The summed E-state index contributed by atoms with van der Waals surface area (Å²) in [5.41, 5.74) is 1.35. The maximum atomic E-state index is 11.1. The van der Waals surface area contributed by atoms with Gasteiger partial charge in [0.2, 0.25) is 0 Å². The minimum absolute atomic E-state index is 0.00223. The van der Waals surface area contributed by atoms with Gasteiger partial charge in [-0.25, -0.2) is 0 Å². The lowest BCUT2D eigenvalue weighted by molar-refractivity contribution is -0.116. The first kappa shape index (κ1) is 11.4. The van der Waals surface area contributed by atoms with Crippen molar-refractivity contribution in [2.45, 2.75) is 6.42 Å². The van der Waals surface area contributed by atoms with E-state index in [-0.39, 0.29) is 18.1 Å². The minimum atomic E-state index is -0.0598. The molecule has 0 aromatic heterocycles. The SMILES string of the molecule is O=Cc1ccc(Br)c(CC(=O)CCl)c1. The summed E-state index contributed by atoms with van der Waals surface area (Å²) >= 11 is 8.70. The van der Waals surface area contributed by atoms with Crippen LogP contribution >= 0.6 is 27.5 Å². The molecule has 0 unspecified atom stereocenters. The van der Waals surface area contributed by atoms with Gasteiger partial charge in [0.15, 0.2) is 5.78 Å². The Kier molecular flexibility index (Phi) is 4.29. The number of rotatable bonds is 4. The Morgan fingerprint density at radius 3 is 2.79 bits per heavy atom. The van der Waals surface area contributed by atoms with Gasteiger partial charge in [0.1, 0.15) is 6.29 Å². The van der Waals surface area contributed by atoms with Gasteiger partial charge in [-0.3, -0.25) is 9.59 Å². The molecule has 0 atom stereocenters. The van der Waals surface area contributed by atoms with Gasteiger partial charge in [-0.2, -0.15) is 0 Å². The molecule has 0 saturated carbocycles. The molecule has 1 rings (SSSR count). The highest BCUT2D eigenvalue weighted by molar-refractivity contribution is 9.10. The third-order valence-corrected chi connectivity index (χ3v) is 2.81. The Morgan fingerprint density at radius 2 is 2.21 bits per heavy atom. The van der Waals surface area contributed by atoms with Gasteiger partial charge in [0, 0.05) is 16.5 Å². The summed E-state index contributed by atoms with van der Waals surface area (Å²) in [6.45, 7) is 0. The predicted molar refractivity (Wildman–Crippen MR) is 59.0 cm³/mol. The quantitative estimate of drug-likeness (QED) is 0.625. The molecule has 0 amide bonds. The van der Waals surface area contributed by atoms with Crippen LogP contribution in [0.25, 0.3) is 0 Å². The van der Waals surface area contributed by atoms with E-state index in [1.165, 1.54) is 0 Å². The van der Waals surface area contributed by atoms with Gasteiger partial charge < -0.3 is 0 Å². The Labute approximate surface area is 95.4 Å². The number of aldehydes is 1. The van der Waals surface area contributed by atoms with Gasteiger partial charge in [-0.1, -0.05) is 22.0 Å². The van der Waals surface area contributed by atoms with Gasteiger partial charge in [-0.15, -0.1) is 11.6 Å². The van der Waals surface area contributed by atoms with E-state index in [0.29, 0.717) is 5.56 Å². The molecule has 14 heavy (non-hydrogen) atoms. The average molecular weight is 276 g/mol. The Balaban J connectivity index is 2.94. The molecule has 74 valence electrons. The predicted octanol–water partition coefficient (Wildman–Crippen LogP) is 2.61. The normalized spacial score (nSPS) is 9.86. The van der Waals surface area contributed by atoms with E-state index in [1.54, 1.807) is 18.2 Å². The van der Waals surface area contributed by atoms with E-state index in [2.05, 4.69) is 15.9 Å². The monoisotopic (exact) mass is 274 g/mol. The molecular weight excluding hydrogens is 267 g/mol. The number of alkyl halides is 1. The molecule has 2 nitrogen and oxygen atoms in total. The standard InChI is InChI=1S/C10H8BrClO2/c11-10-2-1-7(6-13)3-8(10)4-9(14)5-12/h1-3,6H,4-5H2. The number of ketones is 1. The summed E-state index contributed by atoms with van der Waals surface area (Å²) in [5, 5.41) is 0. The molecule has 4 heteroatoms. The lowest BCUT2D eigenvalue weighted by atomic mass is 10.1. The van der Waals surface area contributed by atoms with Crippen molar-refractivity contribution in [3.63, 3.8) is 0 Å². The lowest BCUT2D eigenvalue weighted by Gasteiger charge is -2.02. The highest BCUT2D eigenvalue weighted by Gasteiger charge is 2.06. The molecule has 0 bridgehead atoms. The summed E-state index contributed by atoms with van der Waals surface area (Å²) in [4.78, 5) is 21.6. The Morgan fingerprint density at radius 1 is 1.50 bits per heavy atom. The van der Waals surface area contributed by atoms with Crippen molar-refractivity contribution in [3.05, 3.63) is 33.8 Å². The number of halogens is 2. The zero-order chi connectivity index (χ0) is 10.6. The van der Waals surface area contributed by atoms with Crippen molar-refractivity contribution in [1.82, 2.24) is 0 Å². The van der Waals surface area contributed by atoms with Crippen molar-refractivity contribution in [1.29, 1.82) is 0 Å². The van der Waals surface area contributed by atoms with Crippen LogP contribution in [0.1, 0.15) is 15.9 Å². The summed E-state index contributed by atoms with van der Waals surface area (Å²) in [7, 11) is 0. The molecule has 1 aromatic carbocycles. The maximum Gasteiger partial charge on any atom is 0.151 e. The largest absolute Gasteiger partial charge is 0.298 e. The van der Waals surface area contributed by atoms with Crippen molar-refractivity contribution in [2.75, 3.05) is 5.88 Å². The molecule has 0 fully saturated rings. The fourth-order valence-corrected chi connectivity index (χ4v) is 1.54.